The first-order chi connectivity index (χ1) is 11.3. The van der Waals surface area contributed by atoms with Crippen molar-refractivity contribution in [2.45, 2.75) is 43.8 Å². The minimum absolute atomic E-state index is 0.132. The molecule has 3 saturated heterocycles. The van der Waals surface area contributed by atoms with Gasteiger partial charge in [-0.3, -0.25) is 14.8 Å². The normalized spacial score (nSPS) is 30.5. The van der Waals surface area contributed by atoms with Crippen molar-refractivity contribution in [3.05, 3.63) is 0 Å². The molecule has 3 fully saturated rings. The molecule has 3 aliphatic rings. The number of hydrazine groups is 1. The maximum absolute atomic E-state index is 12.4. The van der Waals surface area contributed by atoms with Gasteiger partial charge in [0.15, 0.2) is 0 Å². The summed E-state index contributed by atoms with van der Waals surface area (Å²) < 4.78 is 34.8. The van der Waals surface area contributed by atoms with Crippen molar-refractivity contribution in [1.29, 1.82) is 0 Å². The van der Waals surface area contributed by atoms with Crippen LogP contribution in [0.2, 0.25) is 0 Å². The van der Waals surface area contributed by atoms with Crippen LogP contribution in [-0.4, -0.2) is 72.6 Å². The Morgan fingerprint density at radius 3 is 2.79 bits per heavy atom. The molecule has 24 heavy (non-hydrogen) atoms. The minimum atomic E-state index is -4.78. The summed E-state index contributed by atoms with van der Waals surface area (Å²) in [7, 11) is -4.78. The van der Waals surface area contributed by atoms with E-state index in [1.165, 1.54) is 4.90 Å². The zero-order chi connectivity index (χ0) is 17.3. The summed E-state index contributed by atoms with van der Waals surface area (Å²) in [5.41, 5.74) is 5.60. The number of carbonyl (C=O) groups is 2. The molecule has 3 atom stereocenters. The van der Waals surface area contributed by atoms with Gasteiger partial charge in [0, 0.05) is 19.1 Å². The minimum Gasteiger partial charge on any atom is -0.315 e. The van der Waals surface area contributed by atoms with E-state index in [1.807, 2.05) is 0 Å². The third-order valence-corrected chi connectivity index (χ3v) is 4.85. The number of hydroxylamine groups is 2. The van der Waals surface area contributed by atoms with Crippen LogP contribution in [0.4, 0.5) is 4.79 Å². The first-order valence-corrected chi connectivity index (χ1v) is 9.24. The molecule has 2 bridgehead atoms. The number of hydrogen-bond acceptors (Lipinski definition) is 7. The lowest BCUT2D eigenvalue weighted by atomic mass is 10.0. The van der Waals surface area contributed by atoms with Gasteiger partial charge in [0.1, 0.15) is 6.04 Å². The van der Waals surface area contributed by atoms with E-state index in [0.717, 1.165) is 25.9 Å². The Hall–Kier alpha value is -1.47. The van der Waals surface area contributed by atoms with Gasteiger partial charge in [0.05, 0.1) is 6.04 Å². The molecular formula is C12H21N5O6S. The first kappa shape index (κ1) is 17.4. The van der Waals surface area contributed by atoms with Crippen molar-refractivity contribution in [3.8, 4) is 0 Å². The first-order valence-electron chi connectivity index (χ1n) is 7.88. The highest BCUT2D eigenvalue weighted by atomic mass is 32.3. The molecule has 4 N–H and O–H groups in total. The zero-order valence-electron chi connectivity index (χ0n) is 13.0. The Morgan fingerprint density at radius 1 is 1.33 bits per heavy atom. The fourth-order valence-corrected chi connectivity index (χ4v) is 3.72. The molecule has 11 nitrogen and oxygen atoms in total. The average molecular weight is 363 g/mol. The Labute approximate surface area is 139 Å². The smallest absolute Gasteiger partial charge is 0.315 e. The molecule has 0 aromatic carbocycles. The number of fused-ring (bicyclic) bond motifs is 2. The van der Waals surface area contributed by atoms with Gasteiger partial charge in [-0.15, -0.1) is 4.28 Å². The van der Waals surface area contributed by atoms with Gasteiger partial charge in [-0.25, -0.2) is 10.2 Å². The van der Waals surface area contributed by atoms with Crippen LogP contribution in [0, 0.1) is 0 Å². The molecule has 0 spiro atoms. The lowest BCUT2D eigenvalue weighted by molar-refractivity contribution is -0.127. The molecular weight excluding hydrogens is 342 g/mol. The largest absolute Gasteiger partial charge is 0.418 e. The van der Waals surface area contributed by atoms with Crippen LogP contribution < -0.4 is 16.2 Å². The molecule has 0 radical (unpaired) electrons. The van der Waals surface area contributed by atoms with Gasteiger partial charge in [-0.2, -0.15) is 13.5 Å². The number of amides is 3. The fourth-order valence-electron chi connectivity index (χ4n) is 3.34. The Bertz CT molecular complexity index is 607. The van der Waals surface area contributed by atoms with E-state index in [4.69, 9.17) is 4.55 Å². The van der Waals surface area contributed by atoms with Crippen LogP contribution in [0.1, 0.15) is 25.7 Å². The maximum Gasteiger partial charge on any atom is 0.418 e. The topological polar surface area (TPSA) is 140 Å². The summed E-state index contributed by atoms with van der Waals surface area (Å²) in [5, 5.41) is 3.84. The fraction of sp³-hybridized carbons (Fsp3) is 0.833. The van der Waals surface area contributed by atoms with E-state index in [0.29, 0.717) is 17.9 Å². The Balaban J connectivity index is 1.58. The number of hydrogen-bond donors (Lipinski definition) is 4. The maximum atomic E-state index is 12.4. The number of rotatable bonds is 5. The van der Waals surface area contributed by atoms with Crippen molar-refractivity contribution in [2.75, 3.05) is 19.6 Å². The number of piperidine rings is 2. The monoisotopic (exact) mass is 363 g/mol. The second-order valence-corrected chi connectivity index (χ2v) is 7.19. The molecule has 3 amide bonds. The van der Waals surface area contributed by atoms with E-state index in [1.54, 1.807) is 0 Å². The van der Waals surface area contributed by atoms with Gasteiger partial charge in [0.25, 0.3) is 5.91 Å². The van der Waals surface area contributed by atoms with E-state index < -0.39 is 28.5 Å². The second kappa shape index (κ2) is 6.80. The van der Waals surface area contributed by atoms with Crippen molar-refractivity contribution >= 4 is 22.3 Å². The molecule has 12 heteroatoms. The predicted octanol–water partition coefficient (Wildman–Crippen LogP) is -1.64. The SMILES string of the molecule is O=C(NNC1CCCNC1)[C@H]1CC[C@H]2CN1C(=O)N2OS(=O)(=O)O. The third-order valence-electron chi connectivity index (χ3n) is 4.50. The molecule has 0 aromatic heterocycles. The summed E-state index contributed by atoms with van der Waals surface area (Å²) in [6.07, 6.45) is 2.75. The molecule has 0 aromatic rings. The highest BCUT2D eigenvalue weighted by molar-refractivity contribution is 7.80. The summed E-state index contributed by atoms with van der Waals surface area (Å²) in [5.74, 6) is -0.346. The van der Waals surface area contributed by atoms with E-state index >= 15 is 0 Å². The second-order valence-electron chi connectivity index (χ2n) is 6.19. The highest BCUT2D eigenvalue weighted by Crippen LogP contribution is 2.30. The number of nitrogens with zero attached hydrogens (tertiary/aromatic N) is 2. The van der Waals surface area contributed by atoms with Crippen LogP contribution in [0.15, 0.2) is 0 Å². The van der Waals surface area contributed by atoms with E-state index in [-0.39, 0.29) is 18.5 Å². The standard InChI is InChI=1S/C12H21N5O6S/c18-11(15-14-8-2-1-5-13-6-8)10-4-3-9-7-16(10)12(19)17(9)23-24(20,21)22/h8-10,13-14H,1-7H2,(H,15,18)(H,20,21,22)/t8?,9-,10+/m0/s1. The predicted molar refractivity (Wildman–Crippen MR) is 80.6 cm³/mol. The van der Waals surface area contributed by atoms with Crippen LogP contribution in [0.5, 0.6) is 0 Å². The van der Waals surface area contributed by atoms with Crippen LogP contribution in [0.3, 0.4) is 0 Å². The number of urea groups is 1. The molecule has 0 aliphatic carbocycles. The summed E-state index contributed by atoms with van der Waals surface area (Å²) in [6.45, 7) is 1.89. The van der Waals surface area contributed by atoms with Crippen LogP contribution >= 0.6 is 0 Å². The van der Waals surface area contributed by atoms with Gasteiger partial charge in [0.2, 0.25) is 0 Å². The van der Waals surface area contributed by atoms with Crippen molar-refractivity contribution in [1.82, 2.24) is 26.1 Å². The van der Waals surface area contributed by atoms with Gasteiger partial charge in [-0.1, -0.05) is 0 Å². The molecule has 0 saturated carbocycles. The van der Waals surface area contributed by atoms with E-state index in [9.17, 15) is 18.0 Å². The van der Waals surface area contributed by atoms with Crippen molar-refractivity contribution in [2.24, 2.45) is 0 Å². The van der Waals surface area contributed by atoms with Gasteiger partial charge < -0.3 is 10.2 Å². The number of nitrogens with one attached hydrogen (secondary N) is 3. The lowest BCUT2D eigenvalue weighted by Gasteiger charge is -2.30. The van der Waals surface area contributed by atoms with Gasteiger partial charge >= 0.3 is 16.4 Å². The zero-order valence-corrected chi connectivity index (χ0v) is 13.8. The summed E-state index contributed by atoms with van der Waals surface area (Å²) in [6, 6.07) is -1.81. The number of carbonyl (C=O) groups excluding carboxylic acids is 2. The van der Waals surface area contributed by atoms with E-state index in [2.05, 4.69) is 20.5 Å². The molecule has 1 unspecified atom stereocenters. The van der Waals surface area contributed by atoms with Crippen molar-refractivity contribution < 1.29 is 26.8 Å². The molecule has 3 heterocycles. The lowest BCUT2D eigenvalue weighted by Crippen LogP contribution is -2.57. The molecule has 3 aliphatic heterocycles. The average Bonchev–Trinajstić information content (AvgIpc) is 2.77. The third kappa shape index (κ3) is 3.78. The van der Waals surface area contributed by atoms with Crippen molar-refractivity contribution in [3.63, 3.8) is 0 Å². The van der Waals surface area contributed by atoms with Crippen LogP contribution in [-0.2, 0) is 19.5 Å². The molecule has 3 rings (SSSR count). The summed E-state index contributed by atoms with van der Waals surface area (Å²) >= 11 is 0. The quantitative estimate of drug-likeness (QED) is 0.337. The highest BCUT2D eigenvalue weighted by Gasteiger charge is 2.49. The Kier molecular flexibility index (Phi) is 4.92. The van der Waals surface area contributed by atoms with Gasteiger partial charge in [-0.05, 0) is 32.2 Å². The Morgan fingerprint density at radius 2 is 2.12 bits per heavy atom. The van der Waals surface area contributed by atoms with Crippen LogP contribution in [0.25, 0.3) is 0 Å². The summed E-state index contributed by atoms with van der Waals surface area (Å²) in [4.78, 5) is 25.8. The molecule has 136 valence electrons.